The summed E-state index contributed by atoms with van der Waals surface area (Å²) in [4.78, 5) is 2.21. The Morgan fingerprint density at radius 2 is 2.12 bits per heavy atom. The molecule has 3 nitrogen and oxygen atoms in total. The molecule has 0 radical (unpaired) electrons. The Bertz CT molecular complexity index is 223. The molecule has 1 aliphatic rings. The first-order valence-electron chi connectivity index (χ1n) is 6.05. The average Bonchev–Trinajstić information content (AvgIpc) is 2.23. The summed E-state index contributed by atoms with van der Waals surface area (Å²) in [6.07, 6.45) is -2.99. The molecule has 1 aliphatic heterocycles. The van der Waals surface area contributed by atoms with Gasteiger partial charge in [0.05, 0.1) is 19.3 Å². The molecular formula is C11H21F3N2O. The van der Waals surface area contributed by atoms with Crippen molar-refractivity contribution in [1.29, 1.82) is 0 Å². The zero-order chi connectivity index (χ0) is 12.9. The second-order valence-electron chi connectivity index (χ2n) is 4.49. The molecule has 0 aliphatic carbocycles. The minimum absolute atomic E-state index is 0.167. The minimum Gasteiger partial charge on any atom is -0.376 e. The Hall–Kier alpha value is -0.330. The van der Waals surface area contributed by atoms with E-state index in [1.807, 2.05) is 6.92 Å². The first-order chi connectivity index (χ1) is 7.92. The zero-order valence-corrected chi connectivity index (χ0v) is 10.4. The maximum atomic E-state index is 11.9. The van der Waals surface area contributed by atoms with E-state index in [4.69, 9.17) is 4.74 Å². The predicted molar refractivity (Wildman–Crippen MR) is 60.0 cm³/mol. The number of ether oxygens (including phenoxy) is 1. The number of halogens is 3. The van der Waals surface area contributed by atoms with E-state index < -0.39 is 12.7 Å². The molecule has 0 spiro atoms. The third-order valence-electron chi connectivity index (χ3n) is 2.95. The van der Waals surface area contributed by atoms with Crippen molar-refractivity contribution in [1.82, 2.24) is 10.2 Å². The lowest BCUT2D eigenvalue weighted by Crippen LogP contribution is -2.50. The van der Waals surface area contributed by atoms with Crippen LogP contribution < -0.4 is 5.32 Å². The first kappa shape index (κ1) is 14.7. The molecule has 0 saturated carbocycles. The number of hydrogen-bond acceptors (Lipinski definition) is 3. The summed E-state index contributed by atoms with van der Waals surface area (Å²) < 4.78 is 41.3. The summed E-state index contributed by atoms with van der Waals surface area (Å²) in [6, 6.07) is 0.332. The van der Waals surface area contributed by atoms with E-state index in [-0.39, 0.29) is 6.10 Å². The second-order valence-corrected chi connectivity index (χ2v) is 4.49. The Morgan fingerprint density at radius 3 is 2.71 bits per heavy atom. The third-order valence-corrected chi connectivity index (χ3v) is 2.95. The van der Waals surface area contributed by atoms with Crippen LogP contribution in [0.1, 0.15) is 20.3 Å². The fourth-order valence-corrected chi connectivity index (χ4v) is 2.02. The van der Waals surface area contributed by atoms with Crippen molar-refractivity contribution < 1.29 is 17.9 Å². The standard InChI is InChI=1S/C11H21F3N2O/c1-3-10-7-17-9(2)6-16(10)5-4-15-8-11(12,13)14/h9-10,15H,3-8H2,1-2H3. The summed E-state index contributed by atoms with van der Waals surface area (Å²) in [6.45, 7) is 5.63. The van der Waals surface area contributed by atoms with Crippen molar-refractivity contribution in [2.75, 3.05) is 32.8 Å². The largest absolute Gasteiger partial charge is 0.401 e. The van der Waals surface area contributed by atoms with Crippen LogP contribution in [0.5, 0.6) is 0 Å². The molecule has 1 N–H and O–H groups in total. The fraction of sp³-hybridized carbons (Fsp3) is 1.00. The van der Waals surface area contributed by atoms with Crippen LogP contribution in [-0.4, -0.2) is 56.0 Å². The lowest BCUT2D eigenvalue weighted by molar-refractivity contribution is -0.125. The molecule has 0 bridgehead atoms. The maximum Gasteiger partial charge on any atom is 0.401 e. The average molecular weight is 254 g/mol. The molecule has 0 amide bonds. The Morgan fingerprint density at radius 1 is 1.41 bits per heavy atom. The molecule has 0 aromatic rings. The van der Waals surface area contributed by atoms with Crippen LogP contribution in [0.15, 0.2) is 0 Å². The van der Waals surface area contributed by atoms with Crippen LogP contribution in [0, 0.1) is 0 Å². The topological polar surface area (TPSA) is 24.5 Å². The van der Waals surface area contributed by atoms with Gasteiger partial charge in [0.25, 0.3) is 0 Å². The van der Waals surface area contributed by atoms with E-state index >= 15 is 0 Å². The molecule has 0 aromatic carbocycles. The van der Waals surface area contributed by atoms with Gasteiger partial charge in [0, 0.05) is 25.7 Å². The van der Waals surface area contributed by atoms with Crippen molar-refractivity contribution in [3.63, 3.8) is 0 Å². The smallest absolute Gasteiger partial charge is 0.376 e. The van der Waals surface area contributed by atoms with Gasteiger partial charge < -0.3 is 10.1 Å². The van der Waals surface area contributed by atoms with Crippen molar-refractivity contribution >= 4 is 0 Å². The van der Waals surface area contributed by atoms with Crippen LogP contribution in [0.4, 0.5) is 13.2 Å². The highest BCUT2D eigenvalue weighted by Crippen LogP contribution is 2.14. The van der Waals surface area contributed by atoms with Crippen LogP contribution in [0.25, 0.3) is 0 Å². The highest BCUT2D eigenvalue weighted by molar-refractivity contribution is 4.78. The Balaban J connectivity index is 2.23. The number of nitrogens with one attached hydrogen (secondary N) is 1. The van der Waals surface area contributed by atoms with Gasteiger partial charge in [-0.15, -0.1) is 0 Å². The van der Waals surface area contributed by atoms with Gasteiger partial charge in [0.2, 0.25) is 0 Å². The van der Waals surface area contributed by atoms with Crippen molar-refractivity contribution in [3.05, 3.63) is 0 Å². The monoisotopic (exact) mass is 254 g/mol. The normalized spacial score (nSPS) is 27.4. The third kappa shape index (κ3) is 5.70. The summed E-state index contributed by atoms with van der Waals surface area (Å²) in [5.74, 6) is 0. The van der Waals surface area contributed by atoms with Gasteiger partial charge in [-0.1, -0.05) is 6.92 Å². The molecule has 17 heavy (non-hydrogen) atoms. The number of nitrogens with zero attached hydrogens (tertiary/aromatic N) is 1. The Labute approximate surface area is 100 Å². The number of rotatable bonds is 5. The quantitative estimate of drug-likeness (QED) is 0.755. The molecule has 102 valence electrons. The molecule has 2 atom stereocenters. The zero-order valence-electron chi connectivity index (χ0n) is 10.4. The second kappa shape index (κ2) is 6.56. The van der Waals surface area contributed by atoms with Crippen molar-refractivity contribution in [2.45, 2.75) is 38.6 Å². The van der Waals surface area contributed by atoms with Crippen LogP contribution in [-0.2, 0) is 4.74 Å². The molecule has 1 saturated heterocycles. The molecular weight excluding hydrogens is 233 g/mol. The van der Waals surface area contributed by atoms with Gasteiger partial charge in [0.1, 0.15) is 0 Å². The predicted octanol–water partition coefficient (Wildman–Crippen LogP) is 1.64. The van der Waals surface area contributed by atoms with E-state index in [2.05, 4.69) is 17.1 Å². The number of morpholine rings is 1. The molecule has 0 aromatic heterocycles. The van der Waals surface area contributed by atoms with E-state index in [0.717, 1.165) is 13.0 Å². The highest BCUT2D eigenvalue weighted by Gasteiger charge is 2.27. The van der Waals surface area contributed by atoms with E-state index in [9.17, 15) is 13.2 Å². The summed E-state index contributed by atoms with van der Waals surface area (Å²) in [5.41, 5.74) is 0. The lowest BCUT2D eigenvalue weighted by Gasteiger charge is -2.38. The molecule has 6 heteroatoms. The summed E-state index contributed by atoms with van der Waals surface area (Å²) in [5, 5.41) is 2.42. The summed E-state index contributed by atoms with van der Waals surface area (Å²) in [7, 11) is 0. The van der Waals surface area contributed by atoms with Gasteiger partial charge in [-0.05, 0) is 13.3 Å². The van der Waals surface area contributed by atoms with Crippen LogP contribution in [0.3, 0.4) is 0 Å². The van der Waals surface area contributed by atoms with Crippen molar-refractivity contribution in [2.24, 2.45) is 0 Å². The van der Waals surface area contributed by atoms with Crippen LogP contribution >= 0.6 is 0 Å². The van der Waals surface area contributed by atoms with Crippen LogP contribution in [0.2, 0.25) is 0 Å². The number of hydrogen-bond donors (Lipinski definition) is 1. The molecule has 1 heterocycles. The summed E-state index contributed by atoms with van der Waals surface area (Å²) >= 11 is 0. The Kier molecular flexibility index (Phi) is 5.69. The minimum atomic E-state index is -4.12. The van der Waals surface area contributed by atoms with Gasteiger partial charge in [-0.3, -0.25) is 4.90 Å². The SMILES string of the molecule is CCC1COC(C)CN1CCNCC(F)(F)F. The molecule has 1 rings (SSSR count). The van der Waals surface area contributed by atoms with E-state index in [1.165, 1.54) is 0 Å². The molecule has 1 fully saturated rings. The first-order valence-corrected chi connectivity index (χ1v) is 6.05. The fourth-order valence-electron chi connectivity index (χ4n) is 2.02. The maximum absolute atomic E-state index is 11.9. The van der Waals surface area contributed by atoms with E-state index in [1.54, 1.807) is 0 Å². The van der Waals surface area contributed by atoms with Gasteiger partial charge >= 0.3 is 6.18 Å². The van der Waals surface area contributed by atoms with Gasteiger partial charge in [0.15, 0.2) is 0 Å². The van der Waals surface area contributed by atoms with Gasteiger partial charge in [-0.25, -0.2) is 0 Å². The number of alkyl halides is 3. The highest BCUT2D eigenvalue weighted by atomic mass is 19.4. The van der Waals surface area contributed by atoms with Gasteiger partial charge in [-0.2, -0.15) is 13.2 Å². The molecule has 2 unspecified atom stereocenters. The lowest BCUT2D eigenvalue weighted by atomic mass is 10.1. The van der Waals surface area contributed by atoms with E-state index in [0.29, 0.717) is 25.7 Å². The van der Waals surface area contributed by atoms with Crippen molar-refractivity contribution in [3.8, 4) is 0 Å².